The van der Waals surface area contributed by atoms with Crippen LogP contribution >= 0.6 is 11.8 Å². The first-order valence-electron chi connectivity index (χ1n) is 5.76. The van der Waals surface area contributed by atoms with E-state index < -0.39 is 18.0 Å². The normalized spacial score (nSPS) is 22.5. The minimum absolute atomic E-state index is 0.110. The molecule has 1 saturated heterocycles. The molecule has 0 saturated carbocycles. The number of hydrogen-bond donors (Lipinski definition) is 3. The first kappa shape index (κ1) is 13.6. The van der Waals surface area contributed by atoms with Crippen molar-refractivity contribution < 1.29 is 14.7 Å². The summed E-state index contributed by atoms with van der Waals surface area (Å²) in [5.41, 5.74) is 0. The molecule has 10 heteroatoms. The van der Waals surface area contributed by atoms with Gasteiger partial charge in [0.05, 0.1) is 11.9 Å². The lowest BCUT2D eigenvalue weighted by Gasteiger charge is -2.26. The van der Waals surface area contributed by atoms with Gasteiger partial charge in [0.1, 0.15) is 6.04 Å². The Kier molecular flexibility index (Phi) is 4.20. The molecule has 0 bridgehead atoms. The largest absolute Gasteiger partial charge is 0.480 e. The number of thioether (sulfide) groups is 1. The van der Waals surface area contributed by atoms with E-state index in [0.717, 1.165) is 0 Å². The number of carbonyl (C=O) groups is 2. The molecular weight excluding hydrogens is 272 g/mol. The molecule has 2 unspecified atom stereocenters. The van der Waals surface area contributed by atoms with E-state index in [4.69, 9.17) is 5.11 Å². The van der Waals surface area contributed by atoms with Crippen molar-refractivity contribution in [3.05, 3.63) is 5.82 Å². The first-order valence-corrected chi connectivity index (χ1v) is 6.81. The zero-order chi connectivity index (χ0) is 13.8. The quantitative estimate of drug-likeness (QED) is 0.690. The van der Waals surface area contributed by atoms with Crippen molar-refractivity contribution in [2.75, 3.05) is 5.75 Å². The number of hydrogen-bond acceptors (Lipinski definition) is 6. The van der Waals surface area contributed by atoms with Crippen molar-refractivity contribution in [3.8, 4) is 0 Å². The number of carbonyl (C=O) groups excluding carboxylic acids is 1. The molecule has 0 radical (unpaired) electrons. The standard InChI is InChI=1S/C9H14N6O3S/c1-2-7-15(5(4-19-7)8(16)17)9(18)10-3-6-11-13-14-12-6/h5,7H,2-4H2,1H3,(H,10,18)(H,16,17)(H,11,12,13,14). The fourth-order valence-corrected chi connectivity index (χ4v) is 3.19. The van der Waals surface area contributed by atoms with Crippen LogP contribution in [-0.4, -0.2) is 59.8 Å². The van der Waals surface area contributed by atoms with Crippen LogP contribution in [0.3, 0.4) is 0 Å². The third-order valence-electron chi connectivity index (χ3n) is 2.75. The summed E-state index contributed by atoms with van der Waals surface area (Å²) in [6.07, 6.45) is 0.698. The second-order valence-electron chi connectivity index (χ2n) is 3.94. The van der Waals surface area contributed by atoms with Crippen LogP contribution in [0.5, 0.6) is 0 Å². The highest BCUT2D eigenvalue weighted by Gasteiger charge is 2.40. The predicted molar refractivity (Wildman–Crippen MR) is 66.2 cm³/mol. The van der Waals surface area contributed by atoms with Crippen molar-refractivity contribution in [3.63, 3.8) is 0 Å². The van der Waals surface area contributed by atoms with Crippen molar-refractivity contribution >= 4 is 23.8 Å². The Morgan fingerprint density at radius 3 is 3.00 bits per heavy atom. The van der Waals surface area contributed by atoms with Crippen LogP contribution in [0.25, 0.3) is 0 Å². The average Bonchev–Trinajstić information content (AvgIpc) is 3.04. The fourth-order valence-electron chi connectivity index (χ4n) is 1.84. The van der Waals surface area contributed by atoms with Crippen molar-refractivity contribution in [1.29, 1.82) is 0 Å². The maximum absolute atomic E-state index is 12.1. The number of carboxylic acid groups (broad SMARTS) is 1. The molecule has 19 heavy (non-hydrogen) atoms. The van der Waals surface area contributed by atoms with Gasteiger partial charge in [-0.25, -0.2) is 9.59 Å². The molecular formula is C9H14N6O3S. The number of aliphatic carboxylic acids is 1. The molecule has 0 aromatic carbocycles. The maximum Gasteiger partial charge on any atom is 0.327 e. The number of carboxylic acids is 1. The van der Waals surface area contributed by atoms with Crippen LogP contribution in [0.2, 0.25) is 0 Å². The zero-order valence-electron chi connectivity index (χ0n) is 10.2. The molecule has 9 nitrogen and oxygen atoms in total. The Labute approximate surface area is 113 Å². The van der Waals surface area contributed by atoms with Gasteiger partial charge in [0.15, 0.2) is 5.82 Å². The van der Waals surface area contributed by atoms with Gasteiger partial charge >= 0.3 is 12.0 Å². The van der Waals surface area contributed by atoms with Crippen LogP contribution in [0.1, 0.15) is 19.2 Å². The van der Waals surface area contributed by atoms with E-state index in [0.29, 0.717) is 18.0 Å². The molecule has 2 amide bonds. The summed E-state index contributed by atoms with van der Waals surface area (Å²) in [7, 11) is 0. The minimum atomic E-state index is -0.988. The Bertz CT molecular complexity index is 453. The van der Waals surface area contributed by atoms with Gasteiger partial charge in [-0.1, -0.05) is 12.1 Å². The van der Waals surface area contributed by atoms with Crippen molar-refractivity contribution in [2.45, 2.75) is 31.3 Å². The van der Waals surface area contributed by atoms with Crippen LogP contribution in [0, 0.1) is 0 Å². The molecule has 2 rings (SSSR count). The molecule has 1 aliphatic rings. The van der Waals surface area contributed by atoms with Gasteiger partial charge in [0, 0.05) is 5.75 Å². The first-order chi connectivity index (χ1) is 9.13. The molecule has 2 heterocycles. The summed E-state index contributed by atoms with van der Waals surface area (Å²) in [5.74, 6) is -0.234. The number of rotatable bonds is 4. The highest BCUT2D eigenvalue weighted by Crippen LogP contribution is 2.31. The third kappa shape index (κ3) is 2.95. The number of urea groups is 1. The number of aromatic nitrogens is 4. The van der Waals surface area contributed by atoms with Gasteiger partial charge < -0.3 is 10.4 Å². The summed E-state index contributed by atoms with van der Waals surface area (Å²) < 4.78 is 0. The molecule has 1 aliphatic heterocycles. The zero-order valence-corrected chi connectivity index (χ0v) is 11.1. The fraction of sp³-hybridized carbons (Fsp3) is 0.667. The third-order valence-corrected chi connectivity index (χ3v) is 4.20. The maximum atomic E-state index is 12.1. The predicted octanol–water partition coefficient (Wildman–Crippen LogP) is -0.353. The van der Waals surface area contributed by atoms with E-state index in [9.17, 15) is 9.59 Å². The number of H-pyrrole nitrogens is 1. The second-order valence-corrected chi connectivity index (χ2v) is 5.16. The Balaban J connectivity index is 2.00. The van der Waals surface area contributed by atoms with E-state index >= 15 is 0 Å². The Morgan fingerprint density at radius 2 is 2.42 bits per heavy atom. The average molecular weight is 286 g/mol. The van der Waals surface area contributed by atoms with Gasteiger partial charge in [-0.3, -0.25) is 4.90 Å². The lowest BCUT2D eigenvalue weighted by atomic mass is 10.3. The van der Waals surface area contributed by atoms with E-state index in [2.05, 4.69) is 25.9 Å². The molecule has 104 valence electrons. The Morgan fingerprint density at radius 1 is 1.63 bits per heavy atom. The summed E-state index contributed by atoms with van der Waals surface area (Å²) in [5, 5.41) is 24.7. The number of aromatic amines is 1. The van der Waals surface area contributed by atoms with Crippen LogP contribution in [-0.2, 0) is 11.3 Å². The lowest BCUT2D eigenvalue weighted by molar-refractivity contribution is -0.141. The van der Waals surface area contributed by atoms with E-state index in [1.54, 1.807) is 0 Å². The van der Waals surface area contributed by atoms with E-state index in [-0.39, 0.29) is 11.9 Å². The number of nitrogens with zero attached hydrogens (tertiary/aromatic N) is 4. The topological polar surface area (TPSA) is 124 Å². The SMILES string of the molecule is CCC1SCC(C(=O)O)N1C(=O)NCc1nn[nH]n1. The minimum Gasteiger partial charge on any atom is -0.480 e. The second kappa shape index (κ2) is 5.87. The molecule has 0 aliphatic carbocycles. The summed E-state index contributed by atoms with van der Waals surface area (Å²) in [6.45, 7) is 2.03. The monoisotopic (exact) mass is 286 g/mol. The van der Waals surface area contributed by atoms with Crippen LogP contribution in [0.15, 0.2) is 0 Å². The van der Waals surface area contributed by atoms with Gasteiger partial charge in [-0.2, -0.15) is 5.21 Å². The molecule has 3 N–H and O–H groups in total. The van der Waals surface area contributed by atoms with Gasteiger partial charge in [-0.15, -0.1) is 22.0 Å². The molecule has 1 aromatic heterocycles. The summed E-state index contributed by atoms with van der Waals surface area (Å²) in [6, 6.07) is -1.21. The smallest absolute Gasteiger partial charge is 0.327 e. The highest BCUT2D eigenvalue weighted by atomic mass is 32.2. The number of tetrazole rings is 1. The van der Waals surface area contributed by atoms with Crippen molar-refractivity contribution in [2.24, 2.45) is 0 Å². The van der Waals surface area contributed by atoms with Gasteiger partial charge in [0.25, 0.3) is 0 Å². The van der Waals surface area contributed by atoms with Gasteiger partial charge in [-0.05, 0) is 6.42 Å². The van der Waals surface area contributed by atoms with Crippen LogP contribution < -0.4 is 5.32 Å². The van der Waals surface area contributed by atoms with E-state index in [1.165, 1.54) is 16.7 Å². The van der Waals surface area contributed by atoms with Crippen LogP contribution in [0.4, 0.5) is 4.79 Å². The lowest BCUT2D eigenvalue weighted by Crippen LogP contribution is -2.49. The number of amides is 2. The Hall–Kier alpha value is -1.84. The molecule has 1 fully saturated rings. The summed E-state index contributed by atoms with van der Waals surface area (Å²) in [4.78, 5) is 24.6. The van der Waals surface area contributed by atoms with E-state index in [1.807, 2.05) is 6.92 Å². The summed E-state index contributed by atoms with van der Waals surface area (Å²) >= 11 is 1.47. The highest BCUT2D eigenvalue weighted by molar-refractivity contribution is 8.00. The molecule has 1 aromatic rings. The molecule has 2 atom stereocenters. The molecule has 0 spiro atoms. The number of nitrogens with one attached hydrogen (secondary N) is 2. The van der Waals surface area contributed by atoms with Crippen molar-refractivity contribution in [1.82, 2.24) is 30.8 Å². The van der Waals surface area contributed by atoms with Gasteiger partial charge in [0.2, 0.25) is 0 Å².